The van der Waals surface area contributed by atoms with Crippen LogP contribution in [0.3, 0.4) is 0 Å². The molecule has 2 aromatic carbocycles. The SMILES string of the molecule is CCc1ccccc1NC(=O)[C@@H](C)Oc1ccc(=O)n(-c2ccc(C)c(C)c2)n1. The number of hydrogen-bond donors (Lipinski definition) is 1. The summed E-state index contributed by atoms with van der Waals surface area (Å²) < 4.78 is 6.99. The number of ether oxygens (including phenoxy) is 1. The second kappa shape index (κ2) is 8.73. The van der Waals surface area contributed by atoms with Gasteiger partial charge in [-0.1, -0.05) is 31.2 Å². The van der Waals surface area contributed by atoms with Crippen molar-refractivity contribution in [1.82, 2.24) is 9.78 Å². The second-order valence-corrected chi connectivity index (χ2v) is 6.95. The Balaban J connectivity index is 1.78. The van der Waals surface area contributed by atoms with E-state index in [4.69, 9.17) is 4.74 Å². The first-order valence-corrected chi connectivity index (χ1v) is 9.62. The van der Waals surface area contributed by atoms with Crippen LogP contribution in [0.5, 0.6) is 5.88 Å². The number of aromatic nitrogens is 2. The van der Waals surface area contributed by atoms with Crippen molar-refractivity contribution in [3.63, 3.8) is 0 Å². The van der Waals surface area contributed by atoms with E-state index in [1.165, 1.54) is 16.8 Å². The molecule has 1 N–H and O–H groups in total. The number of rotatable bonds is 6. The molecule has 0 spiro atoms. The van der Waals surface area contributed by atoms with Gasteiger partial charge in [-0.15, -0.1) is 5.10 Å². The van der Waals surface area contributed by atoms with Gasteiger partial charge in [-0.2, -0.15) is 4.68 Å². The number of benzene rings is 2. The van der Waals surface area contributed by atoms with E-state index in [0.717, 1.165) is 28.8 Å². The number of hydrogen-bond acceptors (Lipinski definition) is 4. The molecule has 29 heavy (non-hydrogen) atoms. The van der Waals surface area contributed by atoms with Crippen LogP contribution in [0.15, 0.2) is 59.4 Å². The minimum Gasteiger partial charge on any atom is -0.463 e. The second-order valence-electron chi connectivity index (χ2n) is 6.95. The summed E-state index contributed by atoms with van der Waals surface area (Å²) in [4.78, 5) is 24.8. The molecule has 1 aromatic heterocycles. The molecule has 0 saturated heterocycles. The first-order chi connectivity index (χ1) is 13.9. The lowest BCUT2D eigenvalue weighted by molar-refractivity contribution is -0.122. The Bertz CT molecular complexity index is 1090. The third kappa shape index (κ3) is 4.71. The van der Waals surface area contributed by atoms with Gasteiger partial charge < -0.3 is 10.1 Å². The molecule has 0 radical (unpaired) electrons. The summed E-state index contributed by atoms with van der Waals surface area (Å²) in [6.07, 6.45) is 0.0341. The van der Waals surface area contributed by atoms with Gasteiger partial charge in [0.1, 0.15) is 0 Å². The van der Waals surface area contributed by atoms with E-state index >= 15 is 0 Å². The van der Waals surface area contributed by atoms with Crippen molar-refractivity contribution in [2.75, 3.05) is 5.32 Å². The summed E-state index contributed by atoms with van der Waals surface area (Å²) in [5.74, 6) is -0.0779. The number of nitrogens with zero attached hydrogens (tertiary/aromatic N) is 2. The van der Waals surface area contributed by atoms with Crippen LogP contribution in [0, 0.1) is 13.8 Å². The van der Waals surface area contributed by atoms with Crippen LogP contribution in [-0.4, -0.2) is 21.8 Å². The third-order valence-corrected chi connectivity index (χ3v) is 4.83. The highest BCUT2D eigenvalue weighted by Gasteiger charge is 2.17. The van der Waals surface area contributed by atoms with Gasteiger partial charge in [0.2, 0.25) is 5.88 Å². The van der Waals surface area contributed by atoms with E-state index in [1.54, 1.807) is 6.92 Å². The molecular formula is C23H25N3O3. The Morgan fingerprint density at radius 2 is 1.86 bits per heavy atom. The molecule has 150 valence electrons. The average Bonchev–Trinajstić information content (AvgIpc) is 2.72. The Hall–Kier alpha value is -3.41. The van der Waals surface area contributed by atoms with Gasteiger partial charge in [0.25, 0.3) is 11.5 Å². The fourth-order valence-corrected chi connectivity index (χ4v) is 2.92. The Morgan fingerprint density at radius 3 is 2.59 bits per heavy atom. The summed E-state index contributed by atoms with van der Waals surface area (Å²) in [7, 11) is 0. The van der Waals surface area contributed by atoms with Crippen LogP contribution in [0.4, 0.5) is 5.69 Å². The van der Waals surface area contributed by atoms with Crippen LogP contribution < -0.4 is 15.6 Å². The molecule has 0 bridgehead atoms. The van der Waals surface area contributed by atoms with Gasteiger partial charge >= 0.3 is 0 Å². The Kier molecular flexibility index (Phi) is 6.12. The van der Waals surface area contributed by atoms with Crippen LogP contribution >= 0.6 is 0 Å². The number of anilines is 1. The summed E-state index contributed by atoms with van der Waals surface area (Å²) in [5, 5.41) is 7.17. The van der Waals surface area contributed by atoms with Crippen molar-refractivity contribution in [2.45, 2.75) is 40.2 Å². The van der Waals surface area contributed by atoms with E-state index in [2.05, 4.69) is 10.4 Å². The highest BCUT2D eigenvalue weighted by Crippen LogP contribution is 2.17. The molecule has 0 aliphatic rings. The monoisotopic (exact) mass is 391 g/mol. The highest BCUT2D eigenvalue weighted by molar-refractivity contribution is 5.94. The molecule has 3 rings (SSSR count). The van der Waals surface area contributed by atoms with Crippen LogP contribution in [0.2, 0.25) is 0 Å². The Morgan fingerprint density at radius 1 is 1.10 bits per heavy atom. The minimum absolute atomic E-state index is 0.203. The maximum atomic E-state index is 12.6. The average molecular weight is 391 g/mol. The summed E-state index contributed by atoms with van der Waals surface area (Å²) in [6.45, 7) is 7.67. The van der Waals surface area contributed by atoms with Gasteiger partial charge in [-0.25, -0.2) is 0 Å². The van der Waals surface area contributed by atoms with Gasteiger partial charge in [0, 0.05) is 17.8 Å². The zero-order valence-corrected chi connectivity index (χ0v) is 17.1. The normalized spacial score (nSPS) is 11.7. The molecule has 1 atom stereocenters. The molecule has 1 amide bonds. The zero-order valence-electron chi connectivity index (χ0n) is 17.1. The van der Waals surface area contributed by atoms with Crippen molar-refractivity contribution < 1.29 is 9.53 Å². The molecule has 0 saturated carbocycles. The molecule has 0 unspecified atom stereocenters. The smallest absolute Gasteiger partial charge is 0.271 e. The van der Waals surface area contributed by atoms with Crippen molar-refractivity contribution in [2.24, 2.45) is 0 Å². The molecular weight excluding hydrogens is 366 g/mol. The first-order valence-electron chi connectivity index (χ1n) is 9.62. The standard InChI is InChI=1S/C23H25N3O3/c1-5-18-8-6-7-9-20(18)24-23(28)17(4)29-21-12-13-22(27)26(25-21)19-11-10-15(2)16(3)14-19/h6-14,17H,5H2,1-4H3,(H,24,28)/t17-/m1/s1. The maximum Gasteiger partial charge on any atom is 0.271 e. The fourth-order valence-electron chi connectivity index (χ4n) is 2.92. The van der Waals surface area contributed by atoms with Crippen molar-refractivity contribution in [3.8, 4) is 11.6 Å². The van der Waals surface area contributed by atoms with Crippen molar-refractivity contribution in [3.05, 3.63) is 81.6 Å². The fraction of sp³-hybridized carbons (Fsp3) is 0.261. The maximum absolute atomic E-state index is 12.6. The number of carbonyl (C=O) groups excluding carboxylic acids is 1. The van der Waals surface area contributed by atoms with E-state index in [0.29, 0.717) is 5.69 Å². The lowest BCUT2D eigenvalue weighted by Gasteiger charge is -2.16. The van der Waals surface area contributed by atoms with E-state index in [9.17, 15) is 9.59 Å². The van der Waals surface area contributed by atoms with Gasteiger partial charge in [0.15, 0.2) is 6.10 Å². The molecule has 1 heterocycles. The largest absolute Gasteiger partial charge is 0.463 e. The van der Waals surface area contributed by atoms with Gasteiger partial charge in [0.05, 0.1) is 5.69 Å². The van der Waals surface area contributed by atoms with E-state index in [1.807, 2.05) is 63.2 Å². The molecule has 0 fully saturated rings. The quantitative estimate of drug-likeness (QED) is 0.693. The van der Waals surface area contributed by atoms with Crippen LogP contribution in [-0.2, 0) is 11.2 Å². The van der Waals surface area contributed by atoms with Crippen molar-refractivity contribution in [1.29, 1.82) is 0 Å². The van der Waals surface area contributed by atoms with E-state index in [-0.39, 0.29) is 17.3 Å². The van der Waals surface area contributed by atoms with E-state index < -0.39 is 6.10 Å². The number of nitrogens with one attached hydrogen (secondary N) is 1. The topological polar surface area (TPSA) is 73.2 Å². The summed E-state index contributed by atoms with van der Waals surface area (Å²) >= 11 is 0. The van der Waals surface area contributed by atoms with Crippen LogP contribution in [0.25, 0.3) is 5.69 Å². The number of para-hydroxylation sites is 1. The number of carbonyl (C=O) groups is 1. The molecule has 6 heteroatoms. The minimum atomic E-state index is -0.780. The lowest BCUT2D eigenvalue weighted by Crippen LogP contribution is -2.31. The molecule has 3 aromatic rings. The highest BCUT2D eigenvalue weighted by atomic mass is 16.5. The lowest BCUT2D eigenvalue weighted by atomic mass is 10.1. The third-order valence-electron chi connectivity index (χ3n) is 4.83. The Labute approximate surface area is 170 Å². The zero-order chi connectivity index (χ0) is 21.0. The summed E-state index contributed by atoms with van der Waals surface area (Å²) in [5.41, 5.74) is 4.39. The van der Waals surface area contributed by atoms with Crippen LogP contribution in [0.1, 0.15) is 30.5 Å². The number of aryl methyl sites for hydroxylation is 3. The summed E-state index contributed by atoms with van der Waals surface area (Å²) in [6, 6.07) is 16.2. The van der Waals surface area contributed by atoms with Crippen molar-refractivity contribution >= 4 is 11.6 Å². The van der Waals surface area contributed by atoms with Gasteiger partial charge in [-0.05, 0) is 62.1 Å². The molecule has 0 aliphatic carbocycles. The molecule has 6 nitrogen and oxygen atoms in total. The predicted molar refractivity (Wildman–Crippen MR) is 114 cm³/mol. The predicted octanol–water partition coefficient (Wildman–Crippen LogP) is 3.82. The van der Waals surface area contributed by atoms with Gasteiger partial charge in [-0.3, -0.25) is 9.59 Å². The number of amides is 1. The first kappa shape index (κ1) is 20.3. The molecule has 0 aliphatic heterocycles.